The van der Waals surface area contributed by atoms with Crippen LogP contribution in [0.3, 0.4) is 0 Å². The summed E-state index contributed by atoms with van der Waals surface area (Å²) in [4.78, 5) is 16.2. The van der Waals surface area contributed by atoms with Crippen LogP contribution < -0.4 is 5.32 Å². The maximum absolute atomic E-state index is 12.3. The lowest BCUT2D eigenvalue weighted by Gasteiger charge is -2.06. The van der Waals surface area contributed by atoms with E-state index in [1.165, 1.54) is 17.1 Å². The maximum Gasteiger partial charge on any atom is 0.277 e. The lowest BCUT2D eigenvalue weighted by atomic mass is 10.2. The van der Waals surface area contributed by atoms with Gasteiger partial charge in [-0.15, -0.1) is 5.10 Å². The van der Waals surface area contributed by atoms with E-state index in [2.05, 4.69) is 20.6 Å². The van der Waals surface area contributed by atoms with Gasteiger partial charge in [0.05, 0.1) is 28.8 Å². The fraction of sp³-hybridized carbons (Fsp3) is 0.0667. The molecular weight excluding hydrogens is 337 g/mol. The summed E-state index contributed by atoms with van der Waals surface area (Å²) < 4.78 is 1.45. The van der Waals surface area contributed by atoms with Gasteiger partial charge >= 0.3 is 0 Å². The molecule has 8 heteroatoms. The first-order chi connectivity index (χ1) is 11.0. The van der Waals surface area contributed by atoms with Crippen LogP contribution in [0.2, 0.25) is 10.2 Å². The van der Waals surface area contributed by atoms with Crippen molar-refractivity contribution in [2.75, 3.05) is 5.32 Å². The summed E-state index contributed by atoms with van der Waals surface area (Å²) >= 11 is 11.9. The summed E-state index contributed by atoms with van der Waals surface area (Å²) in [6, 6.07) is 8.82. The summed E-state index contributed by atoms with van der Waals surface area (Å²) in [5.74, 6) is -0.393. The fourth-order valence-corrected chi connectivity index (χ4v) is 2.40. The number of hydrogen-bond donors (Lipinski definition) is 1. The third-order valence-corrected chi connectivity index (χ3v) is 3.68. The second-order valence-corrected chi connectivity index (χ2v) is 5.57. The van der Waals surface area contributed by atoms with Crippen molar-refractivity contribution in [2.24, 2.45) is 0 Å². The van der Waals surface area contributed by atoms with Crippen molar-refractivity contribution in [1.82, 2.24) is 20.0 Å². The number of rotatable bonds is 3. The Balaban J connectivity index is 1.83. The van der Waals surface area contributed by atoms with E-state index in [1.807, 2.05) is 19.1 Å². The first kappa shape index (κ1) is 15.5. The number of benzene rings is 1. The molecule has 0 saturated carbocycles. The topological polar surface area (TPSA) is 72.7 Å². The van der Waals surface area contributed by atoms with Crippen molar-refractivity contribution in [3.63, 3.8) is 0 Å². The third-order valence-electron chi connectivity index (χ3n) is 3.15. The highest BCUT2D eigenvalue weighted by Gasteiger charge is 2.14. The number of carbonyl (C=O) groups excluding carboxylic acids is 1. The van der Waals surface area contributed by atoms with Gasteiger partial charge in [0.1, 0.15) is 5.15 Å². The molecule has 2 heterocycles. The summed E-state index contributed by atoms with van der Waals surface area (Å²) in [6.07, 6.45) is 3.00. The summed E-state index contributed by atoms with van der Waals surface area (Å²) in [6.45, 7) is 1.82. The first-order valence-corrected chi connectivity index (χ1v) is 7.41. The zero-order valence-electron chi connectivity index (χ0n) is 12.0. The van der Waals surface area contributed by atoms with Crippen LogP contribution in [0.1, 0.15) is 16.1 Å². The zero-order valence-corrected chi connectivity index (χ0v) is 13.5. The van der Waals surface area contributed by atoms with Gasteiger partial charge in [0.2, 0.25) is 0 Å². The highest BCUT2D eigenvalue weighted by molar-refractivity contribution is 6.32. The first-order valence-electron chi connectivity index (χ1n) is 6.65. The minimum atomic E-state index is -0.393. The molecule has 3 rings (SSSR count). The van der Waals surface area contributed by atoms with Crippen LogP contribution in [0.25, 0.3) is 5.69 Å². The van der Waals surface area contributed by atoms with Gasteiger partial charge in [0.15, 0.2) is 5.69 Å². The second kappa shape index (κ2) is 6.36. The molecule has 0 spiro atoms. The molecule has 0 aliphatic carbocycles. The van der Waals surface area contributed by atoms with Gasteiger partial charge in [-0.3, -0.25) is 4.79 Å². The Kier molecular flexibility index (Phi) is 4.27. The summed E-state index contributed by atoms with van der Waals surface area (Å²) in [5, 5.41) is 11.4. The van der Waals surface area contributed by atoms with E-state index in [0.29, 0.717) is 21.6 Å². The van der Waals surface area contributed by atoms with Crippen LogP contribution in [0.5, 0.6) is 0 Å². The average molecular weight is 348 g/mol. The summed E-state index contributed by atoms with van der Waals surface area (Å²) in [5.41, 5.74) is 2.17. The lowest BCUT2D eigenvalue weighted by Crippen LogP contribution is -2.13. The Morgan fingerprint density at radius 1 is 1.26 bits per heavy atom. The van der Waals surface area contributed by atoms with Crippen molar-refractivity contribution in [3.8, 4) is 5.69 Å². The number of aryl methyl sites for hydroxylation is 1. The highest BCUT2D eigenvalue weighted by Crippen LogP contribution is 2.20. The third kappa shape index (κ3) is 3.33. The Labute approximate surface area is 142 Å². The second-order valence-electron chi connectivity index (χ2n) is 4.78. The molecule has 23 heavy (non-hydrogen) atoms. The quantitative estimate of drug-likeness (QED) is 0.735. The molecule has 0 unspecified atom stereocenters. The molecule has 1 amide bonds. The van der Waals surface area contributed by atoms with Gasteiger partial charge < -0.3 is 5.32 Å². The molecule has 1 N–H and O–H groups in total. The summed E-state index contributed by atoms with van der Waals surface area (Å²) in [7, 11) is 0. The molecule has 0 fully saturated rings. The Bertz CT molecular complexity index is 878. The Hall–Kier alpha value is -2.44. The molecule has 0 atom stereocenters. The van der Waals surface area contributed by atoms with Crippen LogP contribution in [-0.2, 0) is 0 Å². The number of carbonyl (C=O) groups is 1. The van der Waals surface area contributed by atoms with Crippen molar-refractivity contribution in [2.45, 2.75) is 6.92 Å². The number of nitrogens with zero attached hydrogens (tertiary/aromatic N) is 4. The Morgan fingerprint density at radius 3 is 2.78 bits per heavy atom. The van der Waals surface area contributed by atoms with Crippen LogP contribution >= 0.6 is 23.2 Å². The monoisotopic (exact) mass is 347 g/mol. The van der Waals surface area contributed by atoms with Gasteiger partial charge in [-0.05, 0) is 30.7 Å². The molecule has 0 bridgehead atoms. The van der Waals surface area contributed by atoms with Crippen molar-refractivity contribution in [1.29, 1.82) is 0 Å². The normalized spacial score (nSPS) is 10.6. The van der Waals surface area contributed by atoms with Crippen LogP contribution in [-0.4, -0.2) is 25.9 Å². The van der Waals surface area contributed by atoms with E-state index in [9.17, 15) is 4.79 Å². The predicted molar refractivity (Wildman–Crippen MR) is 88.3 cm³/mol. The molecule has 3 aromatic rings. The van der Waals surface area contributed by atoms with E-state index < -0.39 is 5.91 Å². The number of amides is 1. The van der Waals surface area contributed by atoms with Crippen molar-refractivity contribution < 1.29 is 4.79 Å². The minimum absolute atomic E-state index is 0.166. The molecule has 116 valence electrons. The molecular formula is C15H11Cl2N5O. The SMILES string of the molecule is Cc1cc(Cl)ncc1NC(=O)c1cn(-c2ccccc2Cl)nn1. The van der Waals surface area contributed by atoms with E-state index in [1.54, 1.807) is 18.2 Å². The largest absolute Gasteiger partial charge is 0.319 e. The number of anilines is 1. The number of hydrogen-bond acceptors (Lipinski definition) is 4. The molecule has 0 aliphatic heterocycles. The van der Waals surface area contributed by atoms with Gasteiger partial charge in [0, 0.05) is 0 Å². The van der Waals surface area contributed by atoms with E-state index in [-0.39, 0.29) is 5.69 Å². The van der Waals surface area contributed by atoms with Gasteiger partial charge in [-0.25, -0.2) is 9.67 Å². The molecule has 0 saturated heterocycles. The molecule has 0 aliphatic rings. The minimum Gasteiger partial charge on any atom is -0.319 e. The standard InChI is InChI=1S/C15H11Cl2N5O/c1-9-6-14(17)18-7-11(9)19-15(23)12-8-22(21-20-12)13-5-3-2-4-10(13)16/h2-8H,1H3,(H,19,23). The van der Waals surface area contributed by atoms with Crippen molar-refractivity contribution in [3.05, 3.63) is 64.2 Å². The number of para-hydroxylation sites is 1. The van der Waals surface area contributed by atoms with Crippen LogP contribution in [0.4, 0.5) is 5.69 Å². The fourth-order valence-electron chi connectivity index (χ4n) is 1.96. The average Bonchev–Trinajstić information content (AvgIpc) is 3.00. The van der Waals surface area contributed by atoms with Crippen LogP contribution in [0, 0.1) is 6.92 Å². The van der Waals surface area contributed by atoms with Crippen LogP contribution in [0.15, 0.2) is 42.7 Å². The molecule has 2 aromatic heterocycles. The predicted octanol–water partition coefficient (Wildman–Crippen LogP) is 3.53. The van der Waals surface area contributed by atoms with Gasteiger partial charge in [-0.1, -0.05) is 40.5 Å². The molecule has 0 radical (unpaired) electrons. The van der Waals surface area contributed by atoms with Gasteiger partial charge in [0.25, 0.3) is 5.91 Å². The maximum atomic E-state index is 12.3. The Morgan fingerprint density at radius 2 is 2.04 bits per heavy atom. The van der Waals surface area contributed by atoms with Gasteiger partial charge in [-0.2, -0.15) is 0 Å². The zero-order chi connectivity index (χ0) is 16.4. The molecule has 1 aromatic carbocycles. The number of aromatic nitrogens is 4. The van der Waals surface area contributed by atoms with Crippen molar-refractivity contribution >= 4 is 34.8 Å². The molecule has 6 nitrogen and oxygen atoms in total. The van der Waals surface area contributed by atoms with E-state index in [4.69, 9.17) is 23.2 Å². The van der Waals surface area contributed by atoms with E-state index >= 15 is 0 Å². The number of halogens is 2. The number of pyridine rings is 1. The lowest BCUT2D eigenvalue weighted by molar-refractivity contribution is 0.102. The smallest absolute Gasteiger partial charge is 0.277 e. The highest BCUT2D eigenvalue weighted by atomic mass is 35.5. The van der Waals surface area contributed by atoms with E-state index in [0.717, 1.165) is 5.56 Å². The number of nitrogens with one attached hydrogen (secondary N) is 1.